The van der Waals surface area contributed by atoms with E-state index in [1.165, 1.54) is 5.56 Å². The molecule has 2 aliphatic heterocycles. The highest BCUT2D eigenvalue weighted by Crippen LogP contribution is 2.33. The van der Waals surface area contributed by atoms with Crippen molar-refractivity contribution < 1.29 is 9.59 Å². The van der Waals surface area contributed by atoms with E-state index < -0.39 is 0 Å². The van der Waals surface area contributed by atoms with Crippen molar-refractivity contribution in [3.05, 3.63) is 46.7 Å². The minimum Gasteiger partial charge on any atom is -0.323 e. The van der Waals surface area contributed by atoms with Gasteiger partial charge in [-0.3, -0.25) is 14.5 Å². The van der Waals surface area contributed by atoms with Crippen molar-refractivity contribution in [3.8, 4) is 0 Å². The molecular weight excluding hydrogens is 346 g/mol. The second-order valence-corrected chi connectivity index (χ2v) is 7.68. The lowest BCUT2D eigenvalue weighted by Gasteiger charge is -2.24. The van der Waals surface area contributed by atoms with Gasteiger partial charge < -0.3 is 10.2 Å². The Bertz CT molecular complexity index is 790. The van der Waals surface area contributed by atoms with Gasteiger partial charge >= 0.3 is 0 Å². The minimum atomic E-state index is -0.0220. The van der Waals surface area contributed by atoms with Gasteiger partial charge in [-0.05, 0) is 60.3 Å². The average molecular weight is 369 g/mol. The molecule has 1 aromatic carbocycles. The summed E-state index contributed by atoms with van der Waals surface area (Å²) in [7, 11) is 0. The molecule has 1 aromatic heterocycles. The van der Waals surface area contributed by atoms with Crippen molar-refractivity contribution in [2.75, 3.05) is 29.9 Å². The summed E-state index contributed by atoms with van der Waals surface area (Å²) in [6.45, 7) is 2.04. The Labute approximate surface area is 157 Å². The molecule has 136 valence electrons. The fraction of sp³-hybridized carbons (Fsp3) is 0.400. The average Bonchev–Trinajstić information content (AvgIpc) is 3.37. The molecule has 0 aliphatic carbocycles. The van der Waals surface area contributed by atoms with Crippen molar-refractivity contribution in [3.63, 3.8) is 0 Å². The van der Waals surface area contributed by atoms with E-state index in [2.05, 4.69) is 27.0 Å². The molecule has 2 amide bonds. The standard InChI is InChI=1S/C20H23N3O2S/c24-19(13-22-10-3-7-17(22)15-9-12-26-14-15)21-16-5-1-2-6-18(16)23-11-4-8-20(23)25/h1-2,5-6,9,12,14,17H,3-4,7-8,10-11,13H2,(H,21,24). The van der Waals surface area contributed by atoms with Crippen LogP contribution in [-0.2, 0) is 9.59 Å². The van der Waals surface area contributed by atoms with Crippen LogP contribution < -0.4 is 10.2 Å². The van der Waals surface area contributed by atoms with Gasteiger partial charge in [0.15, 0.2) is 0 Å². The van der Waals surface area contributed by atoms with Gasteiger partial charge in [0.25, 0.3) is 0 Å². The molecule has 5 nitrogen and oxygen atoms in total. The van der Waals surface area contributed by atoms with E-state index >= 15 is 0 Å². The van der Waals surface area contributed by atoms with E-state index in [1.54, 1.807) is 16.2 Å². The van der Waals surface area contributed by atoms with Crippen LogP contribution in [0.3, 0.4) is 0 Å². The molecule has 0 radical (unpaired) electrons. The third kappa shape index (κ3) is 3.52. The highest BCUT2D eigenvalue weighted by atomic mass is 32.1. The van der Waals surface area contributed by atoms with E-state index in [0.717, 1.165) is 43.7 Å². The minimum absolute atomic E-state index is 0.0220. The molecule has 1 unspecified atom stereocenters. The van der Waals surface area contributed by atoms with Crippen LogP contribution in [0.25, 0.3) is 0 Å². The number of hydrogen-bond acceptors (Lipinski definition) is 4. The molecule has 6 heteroatoms. The number of carbonyl (C=O) groups is 2. The van der Waals surface area contributed by atoms with Crippen LogP contribution in [0.2, 0.25) is 0 Å². The molecule has 2 aromatic rings. The van der Waals surface area contributed by atoms with Crippen LogP contribution in [0, 0.1) is 0 Å². The van der Waals surface area contributed by atoms with E-state index in [0.29, 0.717) is 19.0 Å². The van der Waals surface area contributed by atoms with Crippen molar-refractivity contribution in [2.45, 2.75) is 31.7 Å². The number of nitrogens with one attached hydrogen (secondary N) is 1. The molecule has 2 fully saturated rings. The predicted molar refractivity (Wildman–Crippen MR) is 105 cm³/mol. The van der Waals surface area contributed by atoms with Crippen molar-refractivity contribution in [1.29, 1.82) is 0 Å². The Morgan fingerprint density at radius 3 is 2.85 bits per heavy atom. The second-order valence-electron chi connectivity index (χ2n) is 6.90. The molecule has 0 bridgehead atoms. The van der Waals surface area contributed by atoms with Gasteiger partial charge in [0.05, 0.1) is 17.9 Å². The Kier molecular flexibility index (Phi) is 5.04. The molecular formula is C20H23N3O2S. The summed E-state index contributed by atoms with van der Waals surface area (Å²) in [5.41, 5.74) is 2.83. The first-order chi connectivity index (χ1) is 12.7. The normalized spacial score (nSPS) is 20.7. The van der Waals surface area contributed by atoms with E-state index in [1.807, 2.05) is 24.3 Å². The third-order valence-corrected chi connectivity index (χ3v) is 5.88. The number of rotatable bonds is 5. The highest BCUT2D eigenvalue weighted by molar-refractivity contribution is 7.07. The fourth-order valence-electron chi connectivity index (χ4n) is 3.95. The summed E-state index contributed by atoms with van der Waals surface area (Å²) in [6.07, 6.45) is 3.67. The van der Waals surface area contributed by atoms with Crippen LogP contribution in [-0.4, -0.2) is 36.3 Å². The number of benzene rings is 1. The van der Waals surface area contributed by atoms with Gasteiger partial charge in [0.1, 0.15) is 0 Å². The first-order valence-electron chi connectivity index (χ1n) is 9.18. The number of amides is 2. The zero-order valence-electron chi connectivity index (χ0n) is 14.7. The number of nitrogens with zero attached hydrogens (tertiary/aromatic N) is 2. The van der Waals surface area contributed by atoms with Crippen molar-refractivity contribution in [2.24, 2.45) is 0 Å². The molecule has 0 saturated carbocycles. The molecule has 26 heavy (non-hydrogen) atoms. The molecule has 1 atom stereocenters. The number of hydrogen-bond donors (Lipinski definition) is 1. The first-order valence-corrected chi connectivity index (χ1v) is 10.1. The Balaban J connectivity index is 1.45. The lowest BCUT2D eigenvalue weighted by atomic mass is 10.1. The molecule has 3 heterocycles. The van der Waals surface area contributed by atoms with Gasteiger partial charge in [-0.2, -0.15) is 11.3 Å². The largest absolute Gasteiger partial charge is 0.323 e. The van der Waals surface area contributed by atoms with Gasteiger partial charge in [-0.25, -0.2) is 0 Å². The summed E-state index contributed by atoms with van der Waals surface area (Å²) in [5.74, 6) is 0.106. The maximum absolute atomic E-state index is 12.7. The topological polar surface area (TPSA) is 52.7 Å². The number of anilines is 2. The maximum Gasteiger partial charge on any atom is 0.238 e. The third-order valence-electron chi connectivity index (χ3n) is 5.18. The van der Waals surface area contributed by atoms with E-state index in [4.69, 9.17) is 0 Å². The Morgan fingerprint density at radius 2 is 2.08 bits per heavy atom. The second kappa shape index (κ2) is 7.60. The van der Waals surface area contributed by atoms with Gasteiger partial charge in [0, 0.05) is 19.0 Å². The number of carbonyl (C=O) groups excluding carboxylic acids is 2. The fourth-order valence-corrected chi connectivity index (χ4v) is 4.66. The van der Waals surface area contributed by atoms with Crippen LogP contribution in [0.4, 0.5) is 11.4 Å². The van der Waals surface area contributed by atoms with Gasteiger partial charge in [-0.1, -0.05) is 12.1 Å². The highest BCUT2D eigenvalue weighted by Gasteiger charge is 2.28. The SMILES string of the molecule is O=C(CN1CCCC1c1ccsc1)Nc1ccccc1N1CCCC1=O. The monoisotopic (exact) mass is 369 g/mol. The molecule has 2 saturated heterocycles. The molecule has 2 aliphatic rings. The van der Waals surface area contributed by atoms with Crippen LogP contribution in [0.15, 0.2) is 41.1 Å². The summed E-state index contributed by atoms with van der Waals surface area (Å²) < 4.78 is 0. The zero-order chi connectivity index (χ0) is 17.9. The molecule has 4 rings (SSSR count). The summed E-state index contributed by atoms with van der Waals surface area (Å²) in [4.78, 5) is 28.8. The van der Waals surface area contributed by atoms with Gasteiger partial charge in [0.2, 0.25) is 11.8 Å². The predicted octanol–water partition coefficient (Wildman–Crippen LogP) is 3.65. The van der Waals surface area contributed by atoms with Crippen molar-refractivity contribution in [1.82, 2.24) is 4.90 Å². The molecule has 0 spiro atoms. The number of likely N-dealkylation sites (tertiary alicyclic amines) is 1. The Morgan fingerprint density at radius 1 is 1.19 bits per heavy atom. The van der Waals surface area contributed by atoms with Crippen LogP contribution >= 0.6 is 11.3 Å². The van der Waals surface area contributed by atoms with Crippen molar-refractivity contribution >= 4 is 34.5 Å². The number of thiophene rings is 1. The van der Waals surface area contributed by atoms with Gasteiger partial charge in [-0.15, -0.1) is 0 Å². The quantitative estimate of drug-likeness (QED) is 0.875. The summed E-state index contributed by atoms with van der Waals surface area (Å²) >= 11 is 1.70. The lowest BCUT2D eigenvalue weighted by molar-refractivity contribution is -0.118. The maximum atomic E-state index is 12.7. The van der Waals surface area contributed by atoms with E-state index in [-0.39, 0.29) is 11.8 Å². The summed E-state index contributed by atoms with van der Waals surface area (Å²) in [6, 6.07) is 10.1. The first kappa shape index (κ1) is 17.2. The smallest absolute Gasteiger partial charge is 0.238 e. The Hall–Kier alpha value is -2.18. The zero-order valence-corrected chi connectivity index (χ0v) is 15.5. The summed E-state index contributed by atoms with van der Waals surface area (Å²) in [5, 5.41) is 7.30. The van der Waals surface area contributed by atoms with E-state index in [9.17, 15) is 9.59 Å². The van der Waals surface area contributed by atoms with Crippen LogP contribution in [0.5, 0.6) is 0 Å². The lowest BCUT2D eigenvalue weighted by Crippen LogP contribution is -2.33. The number of para-hydroxylation sites is 2. The van der Waals surface area contributed by atoms with Crippen LogP contribution in [0.1, 0.15) is 37.3 Å². The molecule has 1 N–H and O–H groups in total.